The van der Waals surface area contributed by atoms with Crippen LogP contribution in [0.3, 0.4) is 0 Å². The van der Waals surface area contributed by atoms with Gasteiger partial charge in [0.1, 0.15) is 0 Å². The first-order chi connectivity index (χ1) is 10.3. The van der Waals surface area contributed by atoms with Crippen LogP contribution in [0.25, 0.3) is 0 Å². The minimum atomic E-state index is -0.644. The molecule has 2 heterocycles. The maximum atomic E-state index is 13.9. The zero-order chi connectivity index (χ0) is 14.7. The fraction of sp³-hybridized carbons (Fsp3) is 0.600. The fourth-order valence-corrected chi connectivity index (χ4v) is 2.77. The summed E-state index contributed by atoms with van der Waals surface area (Å²) in [6, 6.07) is 1.21. The van der Waals surface area contributed by atoms with Gasteiger partial charge in [0.25, 0.3) is 0 Å². The zero-order valence-corrected chi connectivity index (χ0v) is 12.0. The number of benzene rings is 1. The number of hydrogen-bond acceptors (Lipinski definition) is 5. The summed E-state index contributed by atoms with van der Waals surface area (Å²) in [7, 11) is 0. The molecule has 2 aliphatic heterocycles. The predicted octanol–water partition coefficient (Wildman–Crippen LogP) is 1.14. The first-order valence-electron chi connectivity index (χ1n) is 7.48. The highest BCUT2D eigenvalue weighted by Gasteiger charge is 2.23. The molecular formula is C15H21FN2O3. The van der Waals surface area contributed by atoms with Gasteiger partial charge in [0.15, 0.2) is 23.1 Å². The van der Waals surface area contributed by atoms with Crippen molar-refractivity contribution in [3.8, 4) is 17.2 Å². The summed E-state index contributed by atoms with van der Waals surface area (Å²) in [4.78, 5) is 2.30. The number of aromatic hydroxyl groups is 1. The van der Waals surface area contributed by atoms with Gasteiger partial charge in [-0.05, 0) is 6.42 Å². The topological polar surface area (TPSA) is 54.0 Å². The van der Waals surface area contributed by atoms with E-state index in [1.165, 1.54) is 6.07 Å². The van der Waals surface area contributed by atoms with Crippen LogP contribution in [0.2, 0.25) is 0 Å². The summed E-state index contributed by atoms with van der Waals surface area (Å²) in [6.07, 6.45) is 1.31. The van der Waals surface area contributed by atoms with Crippen molar-refractivity contribution in [2.24, 2.45) is 0 Å². The van der Waals surface area contributed by atoms with Gasteiger partial charge in [-0.3, -0.25) is 0 Å². The van der Waals surface area contributed by atoms with Gasteiger partial charge in [0.2, 0.25) is 0 Å². The van der Waals surface area contributed by atoms with Crippen molar-refractivity contribution < 1.29 is 19.0 Å². The minimum Gasteiger partial charge on any atom is -0.505 e. The Morgan fingerprint density at radius 3 is 2.81 bits per heavy atom. The van der Waals surface area contributed by atoms with Crippen LogP contribution in [0.5, 0.6) is 17.2 Å². The van der Waals surface area contributed by atoms with E-state index in [0.717, 1.165) is 39.1 Å². The third kappa shape index (κ3) is 3.22. The highest BCUT2D eigenvalue weighted by atomic mass is 19.1. The Kier molecular flexibility index (Phi) is 4.45. The molecule has 21 heavy (non-hydrogen) atoms. The zero-order valence-electron chi connectivity index (χ0n) is 12.0. The van der Waals surface area contributed by atoms with E-state index in [1.807, 2.05) is 0 Å². The molecular weight excluding hydrogens is 275 g/mol. The van der Waals surface area contributed by atoms with Gasteiger partial charge in [-0.2, -0.15) is 0 Å². The Hall–Kier alpha value is -1.53. The van der Waals surface area contributed by atoms with Gasteiger partial charge >= 0.3 is 0 Å². The summed E-state index contributed by atoms with van der Waals surface area (Å²) in [6.45, 7) is 5.67. The standard InChI is InChI=1S/C15H21FN2O3/c16-12-10-13-15(21-9-1-8-20-13)11(14(12)19)2-5-18-6-3-17-4-7-18/h10,17,19H,1-9H2. The average molecular weight is 296 g/mol. The lowest BCUT2D eigenvalue weighted by Crippen LogP contribution is -2.44. The van der Waals surface area contributed by atoms with Gasteiger partial charge < -0.3 is 24.8 Å². The van der Waals surface area contributed by atoms with E-state index in [1.54, 1.807) is 0 Å². The summed E-state index contributed by atoms with van der Waals surface area (Å²) in [5.41, 5.74) is 0.519. The van der Waals surface area contributed by atoms with E-state index < -0.39 is 5.82 Å². The third-order valence-electron chi connectivity index (χ3n) is 3.95. The summed E-state index contributed by atoms with van der Waals surface area (Å²) >= 11 is 0. The van der Waals surface area contributed by atoms with Crippen LogP contribution < -0.4 is 14.8 Å². The molecule has 1 aromatic carbocycles. The van der Waals surface area contributed by atoms with Crippen molar-refractivity contribution in [3.05, 3.63) is 17.4 Å². The average Bonchev–Trinajstić information content (AvgIpc) is 2.74. The molecule has 0 spiro atoms. The van der Waals surface area contributed by atoms with Crippen molar-refractivity contribution in [1.29, 1.82) is 0 Å². The number of phenolic OH excluding ortho intramolecular Hbond substituents is 1. The van der Waals surface area contributed by atoms with E-state index in [2.05, 4.69) is 10.2 Å². The second kappa shape index (κ2) is 6.49. The molecule has 116 valence electrons. The Balaban J connectivity index is 1.80. The fourth-order valence-electron chi connectivity index (χ4n) is 2.77. The SMILES string of the molecule is Oc1c(F)cc2c(c1CCN1CCNCC1)OCCCO2. The van der Waals surface area contributed by atoms with Crippen LogP contribution in [0.1, 0.15) is 12.0 Å². The van der Waals surface area contributed by atoms with Crippen LogP contribution in [0.15, 0.2) is 6.07 Å². The van der Waals surface area contributed by atoms with Crippen molar-refractivity contribution in [2.75, 3.05) is 45.9 Å². The third-order valence-corrected chi connectivity index (χ3v) is 3.95. The van der Waals surface area contributed by atoms with Gasteiger partial charge in [-0.1, -0.05) is 0 Å². The van der Waals surface area contributed by atoms with Gasteiger partial charge in [-0.25, -0.2) is 4.39 Å². The second-order valence-corrected chi connectivity index (χ2v) is 5.40. The van der Waals surface area contributed by atoms with Gasteiger partial charge in [0.05, 0.1) is 13.2 Å². The smallest absolute Gasteiger partial charge is 0.169 e. The molecule has 5 nitrogen and oxygen atoms in total. The number of fused-ring (bicyclic) bond motifs is 1. The lowest BCUT2D eigenvalue weighted by molar-refractivity contribution is 0.241. The number of hydrogen-bond donors (Lipinski definition) is 2. The summed E-state index contributed by atoms with van der Waals surface area (Å²) in [5.74, 6) is -0.0522. The van der Waals surface area contributed by atoms with Crippen LogP contribution in [0, 0.1) is 5.82 Å². The first-order valence-corrected chi connectivity index (χ1v) is 7.48. The number of halogens is 1. The maximum absolute atomic E-state index is 13.9. The van der Waals surface area contributed by atoms with Crippen LogP contribution in [-0.4, -0.2) is 55.9 Å². The molecule has 3 rings (SSSR count). The molecule has 0 amide bonds. The highest BCUT2D eigenvalue weighted by Crippen LogP contribution is 2.40. The summed E-state index contributed by atoms with van der Waals surface area (Å²) in [5, 5.41) is 13.3. The lowest BCUT2D eigenvalue weighted by Gasteiger charge is -2.27. The largest absolute Gasteiger partial charge is 0.505 e. The number of ether oxygens (including phenoxy) is 2. The lowest BCUT2D eigenvalue weighted by atomic mass is 10.1. The molecule has 0 bridgehead atoms. The van der Waals surface area contributed by atoms with Crippen molar-refractivity contribution >= 4 is 0 Å². The molecule has 2 N–H and O–H groups in total. The van der Waals surface area contributed by atoms with E-state index in [0.29, 0.717) is 36.7 Å². The van der Waals surface area contributed by atoms with Crippen LogP contribution >= 0.6 is 0 Å². The Labute approximate surface area is 123 Å². The second-order valence-electron chi connectivity index (χ2n) is 5.40. The molecule has 2 aliphatic rings. The summed E-state index contributed by atoms with van der Waals surface area (Å²) < 4.78 is 25.0. The van der Waals surface area contributed by atoms with Crippen molar-refractivity contribution in [2.45, 2.75) is 12.8 Å². The molecule has 0 aromatic heterocycles. The quantitative estimate of drug-likeness (QED) is 0.876. The normalized spacial score (nSPS) is 19.3. The molecule has 1 aromatic rings. The van der Waals surface area contributed by atoms with Gasteiger partial charge in [-0.15, -0.1) is 0 Å². The van der Waals surface area contributed by atoms with Crippen LogP contribution in [0.4, 0.5) is 4.39 Å². The highest BCUT2D eigenvalue weighted by molar-refractivity contribution is 5.54. The molecule has 0 saturated carbocycles. The van der Waals surface area contributed by atoms with E-state index in [9.17, 15) is 9.50 Å². The van der Waals surface area contributed by atoms with E-state index in [-0.39, 0.29) is 5.75 Å². The predicted molar refractivity (Wildman–Crippen MR) is 76.7 cm³/mol. The van der Waals surface area contributed by atoms with E-state index in [4.69, 9.17) is 9.47 Å². The van der Waals surface area contributed by atoms with E-state index >= 15 is 0 Å². The molecule has 1 saturated heterocycles. The molecule has 0 atom stereocenters. The monoisotopic (exact) mass is 296 g/mol. The Bertz CT molecular complexity index is 504. The minimum absolute atomic E-state index is 0.311. The number of rotatable bonds is 3. The Morgan fingerprint density at radius 2 is 2.00 bits per heavy atom. The molecule has 1 fully saturated rings. The number of piperazine rings is 1. The molecule has 0 unspecified atom stereocenters. The molecule has 0 radical (unpaired) electrons. The Morgan fingerprint density at radius 1 is 1.24 bits per heavy atom. The molecule has 6 heteroatoms. The number of nitrogens with one attached hydrogen (secondary N) is 1. The first kappa shape index (κ1) is 14.4. The van der Waals surface area contributed by atoms with Crippen molar-refractivity contribution in [3.63, 3.8) is 0 Å². The number of nitrogens with zero attached hydrogens (tertiary/aromatic N) is 1. The number of phenols is 1. The molecule has 0 aliphatic carbocycles. The van der Waals surface area contributed by atoms with Crippen molar-refractivity contribution in [1.82, 2.24) is 10.2 Å². The maximum Gasteiger partial charge on any atom is 0.169 e. The van der Waals surface area contributed by atoms with Gasteiger partial charge in [0, 0.05) is 50.8 Å². The van der Waals surface area contributed by atoms with Crippen LogP contribution in [-0.2, 0) is 6.42 Å².